The lowest BCUT2D eigenvalue weighted by molar-refractivity contribution is 0.0318. The van der Waals surface area contributed by atoms with E-state index in [4.69, 9.17) is 4.74 Å². The van der Waals surface area contributed by atoms with Crippen molar-refractivity contribution in [2.24, 2.45) is 0 Å². The summed E-state index contributed by atoms with van der Waals surface area (Å²) in [6.45, 7) is 6.49. The molecule has 0 aliphatic rings. The zero-order chi connectivity index (χ0) is 21.1. The van der Waals surface area contributed by atoms with Crippen LogP contribution < -0.4 is 4.72 Å². The van der Waals surface area contributed by atoms with E-state index in [0.717, 1.165) is 12.1 Å². The summed E-state index contributed by atoms with van der Waals surface area (Å²) in [6, 6.07) is 10.2. The maximum atomic E-state index is 13.0. The van der Waals surface area contributed by atoms with Crippen LogP contribution in [-0.4, -0.2) is 31.8 Å². The molecule has 2 aromatic rings. The fraction of sp³-hybridized carbons (Fsp3) is 0.300. The summed E-state index contributed by atoms with van der Waals surface area (Å²) in [6.07, 6.45) is -1.12. The number of benzene rings is 2. The van der Waals surface area contributed by atoms with Gasteiger partial charge in [0.2, 0.25) is 15.8 Å². The van der Waals surface area contributed by atoms with Crippen LogP contribution in [0.4, 0.5) is 4.39 Å². The zero-order valence-corrected chi connectivity index (χ0v) is 16.8. The number of rotatable bonds is 6. The largest absolute Gasteiger partial charge is 0.451 e. The van der Waals surface area contributed by atoms with Crippen molar-refractivity contribution in [1.82, 2.24) is 4.72 Å². The predicted octanol–water partition coefficient (Wildman–Crippen LogP) is 3.33. The van der Waals surface area contributed by atoms with Gasteiger partial charge in [-0.2, -0.15) is 0 Å². The molecule has 0 amide bonds. The van der Waals surface area contributed by atoms with E-state index in [-0.39, 0.29) is 16.0 Å². The molecule has 0 aliphatic carbocycles. The highest BCUT2D eigenvalue weighted by atomic mass is 32.2. The Labute approximate surface area is 163 Å². The molecule has 0 aliphatic heterocycles. The summed E-state index contributed by atoms with van der Waals surface area (Å²) in [7, 11) is -3.83. The van der Waals surface area contributed by atoms with Crippen molar-refractivity contribution in [3.63, 3.8) is 0 Å². The van der Waals surface area contributed by atoms with Gasteiger partial charge in [-0.3, -0.25) is 4.79 Å². The molecular formula is C20H22FNO5S. The third-order valence-corrected chi connectivity index (χ3v) is 5.36. The van der Waals surface area contributed by atoms with Crippen molar-refractivity contribution >= 4 is 21.8 Å². The summed E-state index contributed by atoms with van der Waals surface area (Å²) >= 11 is 0. The summed E-state index contributed by atoms with van der Waals surface area (Å²) in [5, 5.41) is 0. The summed E-state index contributed by atoms with van der Waals surface area (Å²) < 4.78 is 45.5. The van der Waals surface area contributed by atoms with Crippen LogP contribution in [0.2, 0.25) is 0 Å². The second-order valence-electron chi connectivity index (χ2n) is 7.30. The number of hydrogen-bond donors (Lipinski definition) is 1. The molecule has 0 bridgehead atoms. The van der Waals surface area contributed by atoms with Crippen LogP contribution in [0.3, 0.4) is 0 Å². The van der Waals surface area contributed by atoms with Gasteiger partial charge in [0, 0.05) is 11.1 Å². The van der Waals surface area contributed by atoms with Crippen molar-refractivity contribution in [2.45, 2.75) is 44.2 Å². The van der Waals surface area contributed by atoms with Gasteiger partial charge in [-0.25, -0.2) is 22.3 Å². The molecule has 0 saturated heterocycles. The lowest BCUT2D eigenvalue weighted by atomic mass is 10.1. The van der Waals surface area contributed by atoms with E-state index < -0.39 is 39.2 Å². The molecule has 0 fully saturated rings. The highest BCUT2D eigenvalue weighted by molar-refractivity contribution is 7.89. The standard InChI is InChI=1S/C20H22FNO5S/c1-13(18(23)14-8-10-16(21)11-9-14)27-19(24)15-6-5-7-17(12-15)28(25,26)22-20(2,3)4/h5-13,22H,1-4H3/t13-/m1/s1. The van der Waals surface area contributed by atoms with Crippen LogP contribution in [0.15, 0.2) is 53.4 Å². The Kier molecular flexibility index (Phi) is 6.36. The number of sulfonamides is 1. The van der Waals surface area contributed by atoms with Crippen LogP contribution in [0.5, 0.6) is 0 Å². The smallest absolute Gasteiger partial charge is 0.338 e. The molecule has 8 heteroatoms. The minimum atomic E-state index is -3.83. The van der Waals surface area contributed by atoms with Crippen molar-refractivity contribution in [1.29, 1.82) is 0 Å². The topological polar surface area (TPSA) is 89.5 Å². The first-order valence-corrected chi connectivity index (χ1v) is 10.0. The number of carbonyl (C=O) groups excluding carboxylic acids is 2. The molecule has 0 unspecified atom stereocenters. The molecule has 0 radical (unpaired) electrons. The third kappa shape index (κ3) is 5.71. The van der Waals surface area contributed by atoms with Crippen molar-refractivity contribution in [3.8, 4) is 0 Å². The number of Topliss-reactive ketones (excluding diaryl/α,β-unsaturated/α-hetero) is 1. The molecule has 0 saturated carbocycles. The normalized spacial score (nSPS) is 13.0. The Bertz CT molecular complexity index is 978. The molecular weight excluding hydrogens is 385 g/mol. The quantitative estimate of drug-likeness (QED) is 0.586. The summed E-state index contributed by atoms with van der Waals surface area (Å²) in [4.78, 5) is 24.6. The predicted molar refractivity (Wildman–Crippen MR) is 102 cm³/mol. The molecule has 0 spiro atoms. The van der Waals surface area contributed by atoms with Crippen molar-refractivity contribution in [3.05, 3.63) is 65.5 Å². The first-order valence-electron chi connectivity index (χ1n) is 8.54. The SMILES string of the molecule is C[C@@H](OC(=O)c1cccc(S(=O)(=O)NC(C)(C)C)c1)C(=O)c1ccc(F)cc1. The van der Waals surface area contributed by atoms with E-state index in [2.05, 4.69) is 4.72 Å². The molecule has 28 heavy (non-hydrogen) atoms. The average Bonchev–Trinajstić information content (AvgIpc) is 2.60. The Balaban J connectivity index is 2.16. The Morgan fingerprint density at radius 1 is 1.04 bits per heavy atom. The van der Waals surface area contributed by atoms with E-state index in [1.54, 1.807) is 20.8 Å². The number of hydrogen-bond acceptors (Lipinski definition) is 5. The van der Waals surface area contributed by atoms with Crippen LogP contribution in [0, 0.1) is 5.82 Å². The molecule has 2 aromatic carbocycles. The third-order valence-electron chi connectivity index (χ3n) is 3.60. The summed E-state index contributed by atoms with van der Waals surface area (Å²) in [5.74, 6) is -1.81. The zero-order valence-electron chi connectivity index (χ0n) is 16.0. The van der Waals surface area contributed by atoms with Gasteiger partial charge >= 0.3 is 5.97 Å². The Hall–Kier alpha value is -2.58. The van der Waals surface area contributed by atoms with Gasteiger partial charge in [-0.05, 0) is 70.2 Å². The van der Waals surface area contributed by atoms with Gasteiger partial charge < -0.3 is 4.74 Å². The number of esters is 1. The molecule has 1 N–H and O–H groups in total. The minimum absolute atomic E-state index is 0.00413. The van der Waals surface area contributed by atoms with Crippen molar-refractivity contribution in [2.75, 3.05) is 0 Å². The highest BCUT2D eigenvalue weighted by Crippen LogP contribution is 2.16. The molecule has 1 atom stereocenters. The van der Waals surface area contributed by atoms with Gasteiger partial charge in [-0.1, -0.05) is 6.07 Å². The first kappa shape index (κ1) is 21.7. The fourth-order valence-corrected chi connectivity index (χ4v) is 3.85. The molecule has 2 rings (SSSR count). The maximum Gasteiger partial charge on any atom is 0.338 e. The highest BCUT2D eigenvalue weighted by Gasteiger charge is 2.24. The van der Waals surface area contributed by atoms with Crippen LogP contribution in [-0.2, 0) is 14.8 Å². The number of ether oxygens (including phenoxy) is 1. The van der Waals surface area contributed by atoms with E-state index in [0.29, 0.717) is 0 Å². The van der Waals surface area contributed by atoms with Gasteiger partial charge in [0.1, 0.15) is 5.82 Å². The van der Waals surface area contributed by atoms with Gasteiger partial charge in [-0.15, -0.1) is 0 Å². The lowest BCUT2D eigenvalue weighted by Crippen LogP contribution is -2.40. The van der Waals surface area contributed by atoms with Gasteiger partial charge in [0.15, 0.2) is 6.10 Å². The van der Waals surface area contributed by atoms with E-state index in [1.807, 2.05) is 0 Å². The molecule has 6 nitrogen and oxygen atoms in total. The molecule has 150 valence electrons. The minimum Gasteiger partial charge on any atom is -0.451 e. The van der Waals surface area contributed by atoms with E-state index in [9.17, 15) is 22.4 Å². The van der Waals surface area contributed by atoms with E-state index >= 15 is 0 Å². The first-order chi connectivity index (χ1) is 12.9. The van der Waals surface area contributed by atoms with Gasteiger partial charge in [0.05, 0.1) is 10.5 Å². The number of halogens is 1. The van der Waals surface area contributed by atoms with Crippen LogP contribution in [0.1, 0.15) is 48.4 Å². The fourth-order valence-electron chi connectivity index (χ4n) is 2.38. The number of carbonyl (C=O) groups is 2. The molecule has 0 heterocycles. The monoisotopic (exact) mass is 407 g/mol. The summed E-state index contributed by atoms with van der Waals surface area (Å²) in [5.41, 5.74) is -0.492. The Morgan fingerprint density at radius 2 is 1.64 bits per heavy atom. The Morgan fingerprint density at radius 3 is 2.21 bits per heavy atom. The number of nitrogens with one attached hydrogen (secondary N) is 1. The lowest BCUT2D eigenvalue weighted by Gasteiger charge is -2.20. The number of ketones is 1. The van der Waals surface area contributed by atoms with Crippen molar-refractivity contribution < 1.29 is 27.1 Å². The maximum absolute atomic E-state index is 13.0. The van der Waals surface area contributed by atoms with Crippen LogP contribution >= 0.6 is 0 Å². The van der Waals surface area contributed by atoms with Crippen LogP contribution in [0.25, 0.3) is 0 Å². The second-order valence-corrected chi connectivity index (χ2v) is 8.98. The average molecular weight is 407 g/mol. The second kappa shape index (κ2) is 8.20. The van der Waals surface area contributed by atoms with E-state index in [1.165, 1.54) is 43.3 Å². The van der Waals surface area contributed by atoms with Gasteiger partial charge in [0.25, 0.3) is 0 Å². The molecule has 0 aromatic heterocycles.